The van der Waals surface area contributed by atoms with E-state index in [1.165, 1.54) is 18.2 Å². The number of aryl methyl sites for hydroxylation is 1. The number of ether oxygens (including phenoxy) is 1. The number of hydrogen-bond donors (Lipinski definition) is 0. The Morgan fingerprint density at radius 3 is 2.67 bits per heavy atom. The third-order valence-electron chi connectivity index (χ3n) is 4.15. The van der Waals surface area contributed by atoms with Crippen molar-refractivity contribution in [1.29, 1.82) is 0 Å². The van der Waals surface area contributed by atoms with Crippen LogP contribution in [0.15, 0.2) is 23.1 Å². The van der Waals surface area contributed by atoms with Crippen molar-refractivity contribution in [3.8, 4) is 0 Å². The predicted octanol–water partition coefficient (Wildman–Crippen LogP) is 2.32. The quantitative estimate of drug-likeness (QED) is 0.838. The highest BCUT2D eigenvalue weighted by Crippen LogP contribution is 2.34. The van der Waals surface area contributed by atoms with Crippen molar-refractivity contribution in [2.45, 2.75) is 37.1 Å². The standard InChI is InChI=1S/C15H20FNO3S/c1-11-8-14(4-5-15(11)16)21(18,19)17(13-2-3-13)9-12-6-7-20-10-12/h4-5,8,12-13H,2-3,6-7,9-10H2,1H3. The van der Waals surface area contributed by atoms with E-state index in [0.717, 1.165) is 19.3 Å². The van der Waals surface area contributed by atoms with Gasteiger partial charge in [0, 0.05) is 19.2 Å². The average molecular weight is 313 g/mol. The summed E-state index contributed by atoms with van der Waals surface area (Å²) >= 11 is 0. The van der Waals surface area contributed by atoms with Gasteiger partial charge in [0.2, 0.25) is 10.0 Å². The zero-order chi connectivity index (χ0) is 15.0. The van der Waals surface area contributed by atoms with Gasteiger partial charge in [-0.15, -0.1) is 0 Å². The van der Waals surface area contributed by atoms with Crippen molar-refractivity contribution in [3.05, 3.63) is 29.6 Å². The molecule has 0 N–H and O–H groups in total. The topological polar surface area (TPSA) is 46.6 Å². The van der Waals surface area contributed by atoms with E-state index < -0.39 is 10.0 Å². The molecule has 1 heterocycles. The van der Waals surface area contributed by atoms with E-state index in [4.69, 9.17) is 4.74 Å². The van der Waals surface area contributed by atoms with Gasteiger partial charge in [0.1, 0.15) is 5.82 Å². The lowest BCUT2D eigenvalue weighted by molar-refractivity contribution is 0.180. The van der Waals surface area contributed by atoms with E-state index in [1.807, 2.05) is 0 Å². The van der Waals surface area contributed by atoms with Crippen LogP contribution in [-0.4, -0.2) is 38.5 Å². The summed E-state index contributed by atoms with van der Waals surface area (Å²) in [6.45, 7) is 3.42. The maximum absolute atomic E-state index is 13.4. The van der Waals surface area contributed by atoms with Crippen molar-refractivity contribution in [2.24, 2.45) is 5.92 Å². The van der Waals surface area contributed by atoms with E-state index in [0.29, 0.717) is 25.3 Å². The van der Waals surface area contributed by atoms with Crippen LogP contribution in [0.4, 0.5) is 4.39 Å². The molecule has 4 nitrogen and oxygen atoms in total. The van der Waals surface area contributed by atoms with Crippen molar-refractivity contribution >= 4 is 10.0 Å². The van der Waals surface area contributed by atoms with Crippen molar-refractivity contribution in [3.63, 3.8) is 0 Å². The van der Waals surface area contributed by atoms with Gasteiger partial charge < -0.3 is 4.74 Å². The zero-order valence-corrected chi connectivity index (χ0v) is 12.9. The molecule has 0 spiro atoms. The van der Waals surface area contributed by atoms with E-state index in [-0.39, 0.29) is 22.7 Å². The molecule has 1 aliphatic carbocycles. The molecule has 0 amide bonds. The Morgan fingerprint density at radius 2 is 2.10 bits per heavy atom. The van der Waals surface area contributed by atoms with E-state index in [1.54, 1.807) is 11.2 Å². The normalized spacial score (nSPS) is 22.9. The molecule has 2 aliphatic rings. The lowest BCUT2D eigenvalue weighted by Gasteiger charge is -2.24. The molecule has 0 radical (unpaired) electrons. The summed E-state index contributed by atoms with van der Waals surface area (Å²) in [5, 5.41) is 0. The molecule has 1 aliphatic heterocycles. The van der Waals surface area contributed by atoms with Gasteiger partial charge in [0.25, 0.3) is 0 Å². The third kappa shape index (κ3) is 3.12. The number of benzene rings is 1. The molecule has 1 aromatic rings. The van der Waals surface area contributed by atoms with Gasteiger partial charge in [-0.1, -0.05) is 0 Å². The number of nitrogens with zero attached hydrogens (tertiary/aromatic N) is 1. The van der Waals surface area contributed by atoms with Crippen LogP contribution in [0.2, 0.25) is 0 Å². The maximum atomic E-state index is 13.4. The second-order valence-corrected chi connectivity index (χ2v) is 7.84. The van der Waals surface area contributed by atoms with Crippen LogP contribution in [0.1, 0.15) is 24.8 Å². The lowest BCUT2D eigenvalue weighted by atomic mass is 10.1. The molecule has 0 aromatic heterocycles. The van der Waals surface area contributed by atoms with Crippen LogP contribution < -0.4 is 0 Å². The first-order valence-electron chi connectivity index (χ1n) is 7.34. The molecular formula is C15H20FNO3S. The molecule has 116 valence electrons. The largest absolute Gasteiger partial charge is 0.381 e. The summed E-state index contributed by atoms with van der Waals surface area (Å²) in [5.74, 6) is -0.113. The van der Waals surface area contributed by atoms with Crippen molar-refractivity contribution in [1.82, 2.24) is 4.31 Å². The molecule has 0 bridgehead atoms. The molecule has 1 saturated carbocycles. The number of sulfonamides is 1. The van der Waals surface area contributed by atoms with Gasteiger partial charge >= 0.3 is 0 Å². The average Bonchev–Trinajstić information content (AvgIpc) is 3.15. The highest BCUT2D eigenvalue weighted by Gasteiger charge is 2.39. The predicted molar refractivity (Wildman–Crippen MR) is 77.0 cm³/mol. The summed E-state index contributed by atoms with van der Waals surface area (Å²) in [5.41, 5.74) is 0.357. The minimum atomic E-state index is -3.55. The Kier molecular flexibility index (Phi) is 4.03. The monoisotopic (exact) mass is 313 g/mol. The van der Waals surface area contributed by atoms with Crippen LogP contribution >= 0.6 is 0 Å². The molecular weight excluding hydrogens is 293 g/mol. The Hall–Kier alpha value is -0.980. The number of halogens is 1. The fourth-order valence-corrected chi connectivity index (χ4v) is 4.55. The van der Waals surface area contributed by atoms with Gasteiger partial charge in [-0.2, -0.15) is 4.31 Å². The molecule has 1 aromatic carbocycles. The van der Waals surface area contributed by atoms with Crippen LogP contribution in [-0.2, 0) is 14.8 Å². The van der Waals surface area contributed by atoms with Gasteiger partial charge in [-0.3, -0.25) is 0 Å². The molecule has 6 heteroatoms. The summed E-state index contributed by atoms with van der Waals surface area (Å²) in [4.78, 5) is 0.187. The molecule has 3 rings (SSSR count). The van der Waals surface area contributed by atoms with Gasteiger partial charge in [-0.05, 0) is 55.9 Å². The fraction of sp³-hybridized carbons (Fsp3) is 0.600. The number of hydrogen-bond acceptors (Lipinski definition) is 3. The van der Waals surface area contributed by atoms with Gasteiger partial charge in [0.15, 0.2) is 0 Å². The van der Waals surface area contributed by atoms with E-state index >= 15 is 0 Å². The SMILES string of the molecule is Cc1cc(S(=O)(=O)N(CC2CCOC2)C2CC2)ccc1F. The Bertz CT molecular complexity index is 622. The highest BCUT2D eigenvalue weighted by atomic mass is 32.2. The Labute approximate surface area is 125 Å². The first kappa shape index (κ1) is 14.9. The van der Waals surface area contributed by atoms with E-state index in [9.17, 15) is 12.8 Å². The minimum Gasteiger partial charge on any atom is -0.381 e. The van der Waals surface area contributed by atoms with Gasteiger partial charge in [-0.25, -0.2) is 12.8 Å². The zero-order valence-electron chi connectivity index (χ0n) is 12.1. The van der Waals surface area contributed by atoms with Gasteiger partial charge in [0.05, 0.1) is 11.5 Å². The molecule has 1 saturated heterocycles. The summed E-state index contributed by atoms with van der Waals surface area (Å²) in [6.07, 6.45) is 2.72. The number of rotatable bonds is 5. The fourth-order valence-electron chi connectivity index (χ4n) is 2.70. The molecule has 21 heavy (non-hydrogen) atoms. The lowest BCUT2D eigenvalue weighted by Crippen LogP contribution is -2.37. The van der Waals surface area contributed by atoms with Crippen LogP contribution in [0.3, 0.4) is 0 Å². The Balaban J connectivity index is 1.87. The second kappa shape index (κ2) is 5.66. The van der Waals surface area contributed by atoms with Crippen LogP contribution in [0, 0.1) is 18.7 Å². The maximum Gasteiger partial charge on any atom is 0.243 e. The van der Waals surface area contributed by atoms with Crippen LogP contribution in [0.5, 0.6) is 0 Å². The smallest absolute Gasteiger partial charge is 0.243 e. The second-order valence-electron chi connectivity index (χ2n) is 5.95. The van der Waals surface area contributed by atoms with Crippen molar-refractivity contribution in [2.75, 3.05) is 19.8 Å². The first-order chi connectivity index (χ1) is 9.98. The summed E-state index contributed by atoms with van der Waals surface area (Å²) in [7, 11) is -3.55. The summed E-state index contributed by atoms with van der Waals surface area (Å²) < 4.78 is 46.0. The van der Waals surface area contributed by atoms with E-state index in [2.05, 4.69) is 0 Å². The van der Waals surface area contributed by atoms with Crippen LogP contribution in [0.25, 0.3) is 0 Å². The Morgan fingerprint density at radius 1 is 1.33 bits per heavy atom. The third-order valence-corrected chi connectivity index (χ3v) is 6.07. The minimum absolute atomic E-state index is 0.0981. The molecule has 1 unspecified atom stereocenters. The summed E-state index contributed by atoms with van der Waals surface area (Å²) in [6, 6.07) is 4.11. The molecule has 2 fully saturated rings. The van der Waals surface area contributed by atoms with Crippen molar-refractivity contribution < 1.29 is 17.5 Å². The first-order valence-corrected chi connectivity index (χ1v) is 8.78. The highest BCUT2D eigenvalue weighted by molar-refractivity contribution is 7.89. The molecule has 1 atom stereocenters.